The lowest BCUT2D eigenvalue weighted by molar-refractivity contribution is 0.0980. The molecule has 0 fully saturated rings. The zero-order chi connectivity index (χ0) is 14.8. The first-order valence-electron chi connectivity index (χ1n) is 7.10. The Morgan fingerprint density at radius 3 is 2.55 bits per heavy atom. The largest absolute Gasteiger partial charge is 0.317 e. The van der Waals surface area contributed by atoms with Gasteiger partial charge in [0.25, 0.3) is 0 Å². The first kappa shape index (κ1) is 12.2. The summed E-state index contributed by atoms with van der Waals surface area (Å²) < 4.78 is 2.07. The number of thioether (sulfide) groups is 1. The van der Waals surface area contributed by atoms with E-state index in [0.717, 1.165) is 28.5 Å². The molecule has 22 heavy (non-hydrogen) atoms. The van der Waals surface area contributed by atoms with Crippen LogP contribution in [0.15, 0.2) is 41.6 Å². The van der Waals surface area contributed by atoms with E-state index in [2.05, 4.69) is 9.55 Å². The van der Waals surface area contributed by atoms with Gasteiger partial charge in [0.2, 0.25) is 0 Å². The Morgan fingerprint density at radius 2 is 1.73 bits per heavy atom. The molecular formula is C17H10N2O2S. The van der Waals surface area contributed by atoms with E-state index in [1.807, 2.05) is 6.07 Å². The van der Waals surface area contributed by atoms with Gasteiger partial charge in [-0.3, -0.25) is 9.59 Å². The number of aromatic nitrogens is 2. The van der Waals surface area contributed by atoms with E-state index in [9.17, 15) is 9.59 Å². The van der Waals surface area contributed by atoms with Gasteiger partial charge in [-0.2, -0.15) is 0 Å². The van der Waals surface area contributed by atoms with Gasteiger partial charge in [0.05, 0.1) is 16.6 Å². The summed E-state index contributed by atoms with van der Waals surface area (Å²) in [4.78, 5) is 30.3. The summed E-state index contributed by atoms with van der Waals surface area (Å²) >= 11 is 1.69. The predicted molar refractivity (Wildman–Crippen MR) is 83.8 cm³/mol. The summed E-state index contributed by atoms with van der Waals surface area (Å²) in [6.07, 6.45) is 0. The molecule has 0 atom stereocenters. The molecular weight excluding hydrogens is 296 g/mol. The SMILES string of the molecule is O=C1c2ccccc2C(=O)c2c1ccc1nc3n(c21)CCS3. The van der Waals surface area contributed by atoms with Crippen molar-refractivity contribution in [2.45, 2.75) is 11.7 Å². The molecule has 3 aromatic rings. The molecule has 0 saturated carbocycles. The molecule has 2 aromatic carbocycles. The Bertz CT molecular complexity index is 1000. The molecule has 0 saturated heterocycles. The first-order valence-corrected chi connectivity index (χ1v) is 8.09. The monoisotopic (exact) mass is 306 g/mol. The number of carbonyl (C=O) groups excluding carboxylic acids is 2. The molecule has 5 heteroatoms. The van der Waals surface area contributed by atoms with Crippen molar-refractivity contribution in [1.82, 2.24) is 9.55 Å². The molecule has 0 bridgehead atoms. The number of imidazole rings is 1. The van der Waals surface area contributed by atoms with Crippen LogP contribution in [0.3, 0.4) is 0 Å². The van der Waals surface area contributed by atoms with Gasteiger partial charge in [0, 0.05) is 29.0 Å². The topological polar surface area (TPSA) is 52.0 Å². The van der Waals surface area contributed by atoms with Crippen LogP contribution in [0.2, 0.25) is 0 Å². The third-order valence-corrected chi connectivity index (χ3v) is 5.26. The van der Waals surface area contributed by atoms with Gasteiger partial charge < -0.3 is 4.57 Å². The fraction of sp³-hybridized carbons (Fsp3) is 0.118. The Labute approximate surface area is 130 Å². The van der Waals surface area contributed by atoms with E-state index in [1.165, 1.54) is 0 Å². The number of carbonyl (C=O) groups is 2. The molecule has 106 valence electrons. The molecule has 0 spiro atoms. The molecule has 0 amide bonds. The molecule has 1 aliphatic heterocycles. The van der Waals surface area contributed by atoms with Gasteiger partial charge >= 0.3 is 0 Å². The van der Waals surface area contributed by atoms with E-state index >= 15 is 0 Å². The molecule has 4 nitrogen and oxygen atoms in total. The van der Waals surface area contributed by atoms with Crippen molar-refractivity contribution in [3.05, 3.63) is 58.7 Å². The lowest BCUT2D eigenvalue weighted by Crippen LogP contribution is -2.21. The quantitative estimate of drug-likeness (QED) is 0.501. The summed E-state index contributed by atoms with van der Waals surface area (Å²) in [7, 11) is 0. The van der Waals surface area contributed by atoms with Crippen LogP contribution in [-0.2, 0) is 6.54 Å². The number of aryl methyl sites for hydroxylation is 1. The number of nitrogens with zero attached hydrogens (tertiary/aromatic N) is 2. The molecule has 5 rings (SSSR count). The summed E-state index contributed by atoms with van der Waals surface area (Å²) in [5.74, 6) is 0.810. The highest BCUT2D eigenvalue weighted by atomic mass is 32.2. The Balaban J connectivity index is 1.92. The summed E-state index contributed by atoms with van der Waals surface area (Å²) in [6, 6.07) is 10.6. The lowest BCUT2D eigenvalue weighted by Gasteiger charge is -2.18. The van der Waals surface area contributed by atoms with Crippen molar-refractivity contribution in [3.8, 4) is 0 Å². The van der Waals surface area contributed by atoms with Crippen molar-refractivity contribution in [3.63, 3.8) is 0 Å². The van der Waals surface area contributed by atoms with Crippen LogP contribution in [0.25, 0.3) is 11.0 Å². The van der Waals surface area contributed by atoms with Crippen LogP contribution in [0.5, 0.6) is 0 Å². The van der Waals surface area contributed by atoms with Crippen LogP contribution < -0.4 is 0 Å². The fourth-order valence-corrected chi connectivity index (χ4v) is 4.28. The molecule has 1 aromatic heterocycles. The second-order valence-electron chi connectivity index (χ2n) is 5.45. The van der Waals surface area contributed by atoms with Gasteiger partial charge in [-0.05, 0) is 12.1 Å². The van der Waals surface area contributed by atoms with Gasteiger partial charge in [-0.25, -0.2) is 4.98 Å². The van der Waals surface area contributed by atoms with Gasteiger partial charge in [-0.15, -0.1) is 0 Å². The van der Waals surface area contributed by atoms with Crippen LogP contribution >= 0.6 is 11.8 Å². The maximum atomic E-state index is 13.0. The average molecular weight is 306 g/mol. The molecule has 2 heterocycles. The van der Waals surface area contributed by atoms with Gasteiger partial charge in [0.15, 0.2) is 16.7 Å². The third kappa shape index (κ3) is 1.37. The highest BCUT2D eigenvalue weighted by Crippen LogP contribution is 2.36. The highest BCUT2D eigenvalue weighted by molar-refractivity contribution is 7.99. The van der Waals surface area contributed by atoms with Crippen molar-refractivity contribution >= 4 is 34.4 Å². The molecule has 0 unspecified atom stereocenters. The van der Waals surface area contributed by atoms with Gasteiger partial charge in [-0.1, -0.05) is 36.0 Å². The van der Waals surface area contributed by atoms with Crippen LogP contribution in [-0.4, -0.2) is 26.9 Å². The number of fused-ring (bicyclic) bond motifs is 6. The van der Waals surface area contributed by atoms with Crippen LogP contribution in [0.4, 0.5) is 0 Å². The number of hydrogen-bond donors (Lipinski definition) is 0. The van der Waals surface area contributed by atoms with E-state index in [-0.39, 0.29) is 11.6 Å². The Morgan fingerprint density at radius 1 is 0.955 bits per heavy atom. The Kier molecular flexibility index (Phi) is 2.26. The lowest BCUT2D eigenvalue weighted by atomic mass is 9.83. The fourth-order valence-electron chi connectivity index (χ4n) is 3.33. The van der Waals surface area contributed by atoms with E-state index in [0.29, 0.717) is 22.3 Å². The van der Waals surface area contributed by atoms with Crippen LogP contribution in [0.1, 0.15) is 31.8 Å². The molecule has 0 radical (unpaired) electrons. The van der Waals surface area contributed by atoms with Gasteiger partial charge in [0.1, 0.15) is 0 Å². The van der Waals surface area contributed by atoms with Crippen molar-refractivity contribution in [2.75, 3.05) is 5.75 Å². The first-order chi connectivity index (χ1) is 10.8. The molecule has 1 aliphatic carbocycles. The normalized spacial score (nSPS) is 15.8. The highest BCUT2D eigenvalue weighted by Gasteiger charge is 2.33. The van der Waals surface area contributed by atoms with E-state index < -0.39 is 0 Å². The number of benzene rings is 2. The second kappa shape index (κ2) is 4.08. The Hall–Kier alpha value is -2.40. The number of hydrogen-bond acceptors (Lipinski definition) is 4. The average Bonchev–Trinajstić information content (AvgIpc) is 3.12. The molecule has 2 aliphatic rings. The van der Waals surface area contributed by atoms with Crippen molar-refractivity contribution in [2.24, 2.45) is 0 Å². The standard InChI is InChI=1S/C17H10N2O2S/c20-15-9-3-1-2-4-10(9)16(21)13-11(15)5-6-12-14(13)19-7-8-22-17(19)18-12/h1-6H,7-8H2. The minimum absolute atomic E-state index is 0.0737. The maximum Gasteiger partial charge on any atom is 0.196 e. The second-order valence-corrected chi connectivity index (χ2v) is 6.52. The summed E-state index contributed by atoms with van der Waals surface area (Å²) in [5, 5.41) is 0.933. The minimum atomic E-state index is -0.0756. The van der Waals surface area contributed by atoms with Crippen molar-refractivity contribution < 1.29 is 9.59 Å². The predicted octanol–water partition coefficient (Wildman–Crippen LogP) is 2.92. The minimum Gasteiger partial charge on any atom is -0.317 e. The van der Waals surface area contributed by atoms with E-state index in [4.69, 9.17) is 0 Å². The number of rotatable bonds is 0. The smallest absolute Gasteiger partial charge is 0.196 e. The number of ketones is 2. The maximum absolute atomic E-state index is 13.0. The van der Waals surface area contributed by atoms with Crippen molar-refractivity contribution in [1.29, 1.82) is 0 Å². The molecule has 0 N–H and O–H groups in total. The zero-order valence-electron chi connectivity index (χ0n) is 11.5. The summed E-state index contributed by atoms with van der Waals surface area (Å²) in [6.45, 7) is 0.829. The third-order valence-electron chi connectivity index (χ3n) is 4.31. The summed E-state index contributed by atoms with van der Waals surface area (Å²) in [5.41, 5.74) is 3.61. The van der Waals surface area contributed by atoms with E-state index in [1.54, 1.807) is 42.1 Å². The van der Waals surface area contributed by atoms with Crippen LogP contribution in [0, 0.1) is 0 Å². The zero-order valence-corrected chi connectivity index (χ0v) is 12.3.